The second kappa shape index (κ2) is 8.33. The van der Waals surface area contributed by atoms with Crippen molar-refractivity contribution >= 4 is 40.4 Å². The van der Waals surface area contributed by atoms with E-state index in [2.05, 4.69) is 15.8 Å². The molecule has 3 N–H and O–H groups in total. The predicted octanol–water partition coefficient (Wildman–Crippen LogP) is 3.08. The van der Waals surface area contributed by atoms with E-state index < -0.39 is 11.8 Å². The minimum absolute atomic E-state index is 0.0581. The largest absolute Gasteiger partial charge is 0.507 e. The zero-order valence-electron chi connectivity index (χ0n) is 14.1. The number of hydrogen-bond donors (Lipinski definition) is 3. The summed E-state index contributed by atoms with van der Waals surface area (Å²) in [4.78, 5) is 23.8. The normalized spacial score (nSPS) is 10.9. The Kier molecular flexibility index (Phi) is 5.68. The van der Waals surface area contributed by atoms with Crippen LogP contribution in [-0.4, -0.2) is 29.7 Å². The number of fused-ring (bicyclic) bond motifs is 1. The minimum Gasteiger partial charge on any atom is -0.507 e. The maximum atomic E-state index is 11.9. The van der Waals surface area contributed by atoms with Gasteiger partial charge in [0.2, 0.25) is 0 Å². The Morgan fingerprint density at radius 2 is 1.78 bits per heavy atom. The molecule has 0 radical (unpaired) electrons. The number of rotatable bonds is 5. The molecule has 136 valence electrons. The minimum atomic E-state index is -0.492. The van der Waals surface area contributed by atoms with Gasteiger partial charge in [-0.25, -0.2) is 5.43 Å². The number of halogens is 1. The van der Waals surface area contributed by atoms with Gasteiger partial charge in [0, 0.05) is 16.1 Å². The van der Waals surface area contributed by atoms with Crippen LogP contribution in [0.15, 0.2) is 65.8 Å². The van der Waals surface area contributed by atoms with Gasteiger partial charge >= 0.3 is 0 Å². The number of nitrogens with zero attached hydrogens (tertiary/aromatic N) is 1. The van der Waals surface area contributed by atoms with Crippen LogP contribution in [0.4, 0.5) is 0 Å². The number of phenols is 1. The van der Waals surface area contributed by atoms with Crippen molar-refractivity contribution in [2.75, 3.05) is 6.54 Å². The van der Waals surface area contributed by atoms with Crippen LogP contribution in [0.3, 0.4) is 0 Å². The number of nitrogens with one attached hydrogen (secondary N) is 2. The van der Waals surface area contributed by atoms with E-state index in [1.165, 1.54) is 6.21 Å². The number of aromatic hydroxyl groups is 1. The third kappa shape index (κ3) is 4.62. The molecule has 2 amide bonds. The highest BCUT2D eigenvalue weighted by Crippen LogP contribution is 2.25. The van der Waals surface area contributed by atoms with E-state index in [0.717, 1.165) is 10.8 Å². The molecule has 6 nitrogen and oxygen atoms in total. The van der Waals surface area contributed by atoms with E-state index in [4.69, 9.17) is 11.6 Å². The van der Waals surface area contributed by atoms with E-state index in [-0.39, 0.29) is 12.3 Å². The molecule has 0 spiro atoms. The highest BCUT2D eigenvalue weighted by atomic mass is 35.5. The molecule has 0 aliphatic carbocycles. The molecule has 0 bridgehead atoms. The van der Waals surface area contributed by atoms with E-state index in [0.29, 0.717) is 16.1 Å². The first kappa shape index (κ1) is 18.4. The second-order valence-corrected chi connectivity index (χ2v) is 6.14. The Morgan fingerprint density at radius 1 is 1.04 bits per heavy atom. The molecule has 3 rings (SSSR count). The Morgan fingerprint density at radius 3 is 2.56 bits per heavy atom. The molecule has 0 heterocycles. The molecule has 27 heavy (non-hydrogen) atoms. The third-order valence-electron chi connectivity index (χ3n) is 3.85. The summed E-state index contributed by atoms with van der Waals surface area (Å²) in [5.74, 6) is -0.825. The van der Waals surface area contributed by atoms with Gasteiger partial charge in [0.15, 0.2) is 0 Å². The lowest BCUT2D eigenvalue weighted by molar-refractivity contribution is -0.120. The zero-order chi connectivity index (χ0) is 19.2. The topological polar surface area (TPSA) is 90.8 Å². The summed E-state index contributed by atoms with van der Waals surface area (Å²) in [5.41, 5.74) is 3.22. The average molecular weight is 382 g/mol. The molecule has 0 aromatic heterocycles. The molecule has 7 heteroatoms. The maximum absolute atomic E-state index is 11.9. The molecule has 3 aromatic rings. The van der Waals surface area contributed by atoms with Gasteiger partial charge in [-0.05, 0) is 41.1 Å². The number of benzene rings is 3. The standard InChI is InChI=1S/C20H16ClN3O3/c21-15-8-5-14(6-9-15)20(27)22-12-19(26)24-23-11-17-16-4-2-1-3-13(16)7-10-18(17)25/h1-11,25H,12H2,(H,22,27)(H,24,26). The molecule has 0 fully saturated rings. The number of amides is 2. The summed E-state index contributed by atoms with van der Waals surface area (Å²) in [6.07, 6.45) is 1.37. The summed E-state index contributed by atoms with van der Waals surface area (Å²) < 4.78 is 0. The highest BCUT2D eigenvalue weighted by Gasteiger charge is 2.08. The van der Waals surface area contributed by atoms with Gasteiger partial charge in [-0.1, -0.05) is 41.9 Å². The smallest absolute Gasteiger partial charge is 0.259 e. The molecule has 0 unspecified atom stereocenters. The van der Waals surface area contributed by atoms with Crippen LogP contribution >= 0.6 is 11.6 Å². The lowest BCUT2D eigenvalue weighted by Crippen LogP contribution is -2.34. The van der Waals surface area contributed by atoms with Gasteiger partial charge < -0.3 is 10.4 Å². The first-order valence-corrected chi connectivity index (χ1v) is 8.49. The van der Waals surface area contributed by atoms with Gasteiger partial charge in [0.25, 0.3) is 11.8 Å². The van der Waals surface area contributed by atoms with Crippen LogP contribution in [-0.2, 0) is 4.79 Å². The monoisotopic (exact) mass is 381 g/mol. The van der Waals surface area contributed by atoms with Crippen molar-refractivity contribution in [1.29, 1.82) is 0 Å². The van der Waals surface area contributed by atoms with E-state index >= 15 is 0 Å². The van der Waals surface area contributed by atoms with Crippen molar-refractivity contribution < 1.29 is 14.7 Å². The Bertz CT molecular complexity index is 1020. The SMILES string of the molecule is O=C(CNC(=O)c1ccc(Cl)cc1)NN=Cc1c(O)ccc2ccccc12. The van der Waals surface area contributed by atoms with Crippen LogP contribution < -0.4 is 10.7 Å². The summed E-state index contributed by atoms with van der Waals surface area (Å²) in [6, 6.07) is 17.2. The van der Waals surface area contributed by atoms with Crippen LogP contribution in [0, 0.1) is 0 Å². The van der Waals surface area contributed by atoms with Crippen molar-refractivity contribution in [3.05, 3.63) is 76.8 Å². The van der Waals surface area contributed by atoms with Crippen molar-refractivity contribution in [1.82, 2.24) is 10.7 Å². The lowest BCUT2D eigenvalue weighted by atomic mass is 10.0. The Labute approximate surface area is 160 Å². The van der Waals surface area contributed by atoms with Crippen molar-refractivity contribution in [3.63, 3.8) is 0 Å². The van der Waals surface area contributed by atoms with Crippen LogP contribution in [0.2, 0.25) is 5.02 Å². The lowest BCUT2D eigenvalue weighted by Gasteiger charge is -2.06. The third-order valence-corrected chi connectivity index (χ3v) is 4.10. The number of carbonyl (C=O) groups is 2. The van der Waals surface area contributed by atoms with E-state index in [9.17, 15) is 14.7 Å². The number of hydrogen-bond acceptors (Lipinski definition) is 4. The van der Waals surface area contributed by atoms with Gasteiger partial charge in [-0.15, -0.1) is 0 Å². The number of phenolic OH excluding ortho intramolecular Hbond substituents is 1. The maximum Gasteiger partial charge on any atom is 0.259 e. The molecule has 0 atom stereocenters. The van der Waals surface area contributed by atoms with E-state index in [1.54, 1.807) is 36.4 Å². The van der Waals surface area contributed by atoms with Gasteiger partial charge in [0.05, 0.1) is 12.8 Å². The second-order valence-electron chi connectivity index (χ2n) is 5.70. The van der Waals surface area contributed by atoms with Gasteiger partial charge in [0.1, 0.15) is 5.75 Å². The number of hydrazone groups is 1. The quantitative estimate of drug-likeness (QED) is 0.468. The predicted molar refractivity (Wildman–Crippen MR) is 105 cm³/mol. The van der Waals surface area contributed by atoms with Gasteiger partial charge in [-0.2, -0.15) is 5.10 Å². The van der Waals surface area contributed by atoms with Crippen LogP contribution in [0.1, 0.15) is 15.9 Å². The Balaban J connectivity index is 1.59. The molecule has 0 aliphatic rings. The fourth-order valence-corrected chi connectivity index (χ4v) is 2.62. The molecule has 0 saturated heterocycles. The van der Waals surface area contributed by atoms with E-state index in [1.807, 2.05) is 24.3 Å². The summed E-state index contributed by atoms with van der Waals surface area (Å²) >= 11 is 5.77. The van der Waals surface area contributed by atoms with Crippen molar-refractivity contribution in [2.45, 2.75) is 0 Å². The summed E-state index contributed by atoms with van der Waals surface area (Å²) in [6.45, 7) is -0.236. The fourth-order valence-electron chi connectivity index (χ4n) is 2.49. The summed E-state index contributed by atoms with van der Waals surface area (Å²) in [5, 5.41) is 18.7. The van der Waals surface area contributed by atoms with Crippen LogP contribution in [0.25, 0.3) is 10.8 Å². The molecular formula is C20H16ClN3O3. The molecule has 0 saturated carbocycles. The van der Waals surface area contributed by atoms with Crippen LogP contribution in [0.5, 0.6) is 5.75 Å². The fraction of sp³-hybridized carbons (Fsp3) is 0.0500. The van der Waals surface area contributed by atoms with Crippen molar-refractivity contribution in [2.24, 2.45) is 5.10 Å². The van der Waals surface area contributed by atoms with Crippen molar-refractivity contribution in [3.8, 4) is 5.75 Å². The molecule has 3 aromatic carbocycles. The zero-order valence-corrected chi connectivity index (χ0v) is 14.9. The highest BCUT2D eigenvalue weighted by molar-refractivity contribution is 6.30. The average Bonchev–Trinajstić information content (AvgIpc) is 2.68. The molecule has 0 aliphatic heterocycles. The summed E-state index contributed by atoms with van der Waals surface area (Å²) in [7, 11) is 0. The molecular weight excluding hydrogens is 366 g/mol. The van der Waals surface area contributed by atoms with Gasteiger partial charge in [-0.3, -0.25) is 9.59 Å². The number of carbonyl (C=O) groups excluding carboxylic acids is 2. The first-order chi connectivity index (χ1) is 13.0. The Hall–Kier alpha value is -3.38. The first-order valence-electron chi connectivity index (χ1n) is 8.11.